The van der Waals surface area contributed by atoms with E-state index in [1.807, 2.05) is 0 Å². The monoisotopic (exact) mass is 543 g/mol. The molecule has 0 aliphatic carbocycles. The minimum Gasteiger partial charge on any atom is -0.415 e. The number of rotatable bonds is 12. The van der Waals surface area contributed by atoms with E-state index in [0.29, 0.717) is 0 Å². The lowest BCUT2D eigenvalue weighted by molar-refractivity contribution is 0.276. The van der Waals surface area contributed by atoms with E-state index in [1.54, 1.807) is 0 Å². The van der Waals surface area contributed by atoms with Crippen molar-refractivity contribution in [1.29, 1.82) is 0 Å². The average Bonchev–Trinajstić information content (AvgIpc) is 2.76. The van der Waals surface area contributed by atoms with Gasteiger partial charge in [-0.1, -0.05) is 53.7 Å². The third-order valence-electron chi connectivity index (χ3n) is 8.12. The molecule has 0 atom stereocenters. The fourth-order valence-electron chi connectivity index (χ4n) is 3.43. The van der Waals surface area contributed by atoms with E-state index in [2.05, 4.69) is 145 Å². The predicted molar refractivity (Wildman–Crippen MR) is 169 cm³/mol. The molecule has 2 aromatic rings. The van der Waals surface area contributed by atoms with Crippen molar-refractivity contribution in [2.45, 2.75) is 77.8 Å². The Morgan fingerprint density at radius 1 is 0.676 bits per heavy atom. The van der Waals surface area contributed by atoms with Crippen molar-refractivity contribution in [3.8, 4) is 0 Å². The summed E-state index contributed by atoms with van der Waals surface area (Å²) in [6.07, 6.45) is 0. The van der Waals surface area contributed by atoms with Crippen LogP contribution in [0.25, 0.3) is 0 Å². The van der Waals surface area contributed by atoms with Crippen molar-refractivity contribution >= 4 is 39.4 Å². The van der Waals surface area contributed by atoms with Gasteiger partial charge in [-0.25, -0.2) is 0 Å². The fraction of sp³-hybridized carbons (Fsp3) is 0.600. The van der Waals surface area contributed by atoms with Gasteiger partial charge in [0.15, 0.2) is 16.6 Å². The second kappa shape index (κ2) is 12.4. The first kappa shape index (κ1) is 31.4. The second-order valence-electron chi connectivity index (χ2n) is 13.3. The highest BCUT2D eigenvalue weighted by atomic mass is 28.4. The zero-order valence-electron chi connectivity index (χ0n) is 25.7. The number of hydrogen-bond donors (Lipinski definition) is 1. The third-order valence-corrected chi connectivity index (χ3v) is 17.2. The smallest absolute Gasteiger partial charge is 0.192 e. The van der Waals surface area contributed by atoms with Crippen LogP contribution in [0.5, 0.6) is 0 Å². The van der Waals surface area contributed by atoms with E-state index in [9.17, 15) is 0 Å². The Morgan fingerprint density at radius 2 is 1.08 bits per heavy atom. The van der Waals surface area contributed by atoms with Crippen LogP contribution in [0, 0.1) is 0 Å². The number of hydrogen-bond acceptors (Lipinski definition) is 5. The van der Waals surface area contributed by atoms with Gasteiger partial charge in [-0.3, -0.25) is 0 Å². The summed E-state index contributed by atoms with van der Waals surface area (Å²) in [5, 5.41) is 4.00. The molecule has 2 aromatic carbocycles. The Morgan fingerprint density at radius 3 is 1.49 bits per heavy atom. The van der Waals surface area contributed by atoms with E-state index in [-0.39, 0.29) is 10.1 Å². The summed E-state index contributed by atoms with van der Waals surface area (Å²) in [7, 11) is 0.524. The lowest BCUT2D eigenvalue weighted by Gasteiger charge is -2.38. The molecule has 1 N–H and O–H groups in total. The van der Waals surface area contributed by atoms with Gasteiger partial charge in [-0.2, -0.15) is 0 Å². The first-order valence-electron chi connectivity index (χ1n) is 13.6. The maximum Gasteiger partial charge on any atom is 0.192 e. The van der Waals surface area contributed by atoms with Gasteiger partial charge >= 0.3 is 0 Å². The molecule has 0 aromatic heterocycles. The standard InChI is InChI=1S/C30H53N3O2Si2/c1-29(2,3)36(9,10)34-21-19-33(20-22-35-37(11,12)30(4,5)6)28-18-14-16-26(24-28)31-25-15-13-17-27(23-25)32(7)8/h13-18,23-24,31H,19-22H2,1-12H3. The van der Waals surface area contributed by atoms with E-state index in [0.717, 1.165) is 37.7 Å². The van der Waals surface area contributed by atoms with Crippen molar-refractivity contribution in [2.75, 3.05) is 55.5 Å². The molecular weight excluding hydrogens is 491 g/mol. The molecule has 37 heavy (non-hydrogen) atoms. The largest absolute Gasteiger partial charge is 0.415 e. The first-order valence-corrected chi connectivity index (χ1v) is 19.4. The number of nitrogens with one attached hydrogen (secondary N) is 1. The zero-order chi connectivity index (χ0) is 28.1. The molecule has 0 amide bonds. The van der Waals surface area contributed by atoms with Gasteiger partial charge in [-0.15, -0.1) is 0 Å². The van der Waals surface area contributed by atoms with Crippen LogP contribution in [0.3, 0.4) is 0 Å². The quantitative estimate of drug-likeness (QED) is 0.272. The van der Waals surface area contributed by atoms with Gasteiger partial charge in [-0.05, 0) is 72.7 Å². The summed E-state index contributed by atoms with van der Waals surface area (Å²) in [6, 6.07) is 17.2. The summed E-state index contributed by atoms with van der Waals surface area (Å²) in [6.45, 7) is 26.2. The third kappa shape index (κ3) is 9.16. The van der Waals surface area contributed by atoms with E-state index in [1.165, 1.54) is 11.4 Å². The molecule has 7 heteroatoms. The van der Waals surface area contributed by atoms with Gasteiger partial charge in [0.05, 0.1) is 13.2 Å². The lowest BCUT2D eigenvalue weighted by atomic mass is 10.2. The Bertz CT molecular complexity index is 963. The van der Waals surface area contributed by atoms with Crippen molar-refractivity contribution < 1.29 is 8.85 Å². The van der Waals surface area contributed by atoms with Crippen LogP contribution < -0.4 is 15.1 Å². The fourth-order valence-corrected chi connectivity index (χ4v) is 5.50. The highest BCUT2D eigenvalue weighted by molar-refractivity contribution is 6.74. The average molecular weight is 544 g/mol. The van der Waals surface area contributed by atoms with Gasteiger partial charge in [0.25, 0.3) is 0 Å². The SMILES string of the molecule is CN(C)c1cccc(Nc2cccc(N(CCO[Si](C)(C)C(C)(C)C)CCO[Si](C)(C)C(C)(C)C)c2)c1. The van der Waals surface area contributed by atoms with Crippen LogP contribution in [-0.4, -0.2) is 57.0 Å². The molecule has 0 aliphatic heterocycles. The molecule has 5 nitrogen and oxygen atoms in total. The van der Waals surface area contributed by atoms with Gasteiger partial charge < -0.3 is 24.0 Å². The molecule has 0 fully saturated rings. The summed E-state index contributed by atoms with van der Waals surface area (Å²) < 4.78 is 13.1. The number of benzene rings is 2. The highest BCUT2D eigenvalue weighted by Crippen LogP contribution is 2.37. The molecule has 0 bridgehead atoms. The maximum atomic E-state index is 6.55. The Kier molecular flexibility index (Phi) is 10.5. The van der Waals surface area contributed by atoms with Crippen LogP contribution in [0.4, 0.5) is 22.7 Å². The molecule has 0 unspecified atom stereocenters. The molecule has 0 spiro atoms. The predicted octanol–water partition coefficient (Wildman–Crippen LogP) is 8.35. The molecule has 208 valence electrons. The van der Waals surface area contributed by atoms with E-state index >= 15 is 0 Å². The normalized spacial score (nSPS) is 13.0. The van der Waals surface area contributed by atoms with Crippen LogP contribution >= 0.6 is 0 Å². The molecule has 2 rings (SSSR count). The Hall–Kier alpha value is -1.81. The lowest BCUT2D eigenvalue weighted by Crippen LogP contribution is -2.44. The minimum absolute atomic E-state index is 0.203. The van der Waals surface area contributed by atoms with Crippen molar-refractivity contribution in [3.05, 3.63) is 48.5 Å². The zero-order valence-corrected chi connectivity index (χ0v) is 27.7. The summed E-state index contributed by atoms with van der Waals surface area (Å²) in [4.78, 5) is 4.54. The Labute approximate surface area is 229 Å². The van der Waals surface area contributed by atoms with E-state index < -0.39 is 16.6 Å². The molecule has 0 radical (unpaired) electrons. The number of nitrogens with zero attached hydrogens (tertiary/aromatic N) is 2. The van der Waals surface area contributed by atoms with Crippen LogP contribution in [0.1, 0.15) is 41.5 Å². The molecule has 0 heterocycles. The van der Waals surface area contributed by atoms with Crippen LogP contribution in [0.2, 0.25) is 36.3 Å². The molecule has 0 saturated carbocycles. The molecular formula is C30H53N3O2Si2. The van der Waals surface area contributed by atoms with Crippen molar-refractivity contribution in [3.63, 3.8) is 0 Å². The summed E-state index contributed by atoms with van der Waals surface area (Å²) in [5.74, 6) is 0. The van der Waals surface area contributed by atoms with Gasteiger partial charge in [0, 0.05) is 49.9 Å². The minimum atomic E-state index is -1.80. The van der Waals surface area contributed by atoms with Gasteiger partial charge in [0.2, 0.25) is 0 Å². The van der Waals surface area contributed by atoms with Gasteiger partial charge in [0.1, 0.15) is 0 Å². The van der Waals surface area contributed by atoms with Crippen molar-refractivity contribution in [1.82, 2.24) is 0 Å². The van der Waals surface area contributed by atoms with Crippen molar-refractivity contribution in [2.24, 2.45) is 0 Å². The molecule has 0 aliphatic rings. The molecule has 0 saturated heterocycles. The first-order chi connectivity index (χ1) is 16.9. The summed E-state index contributed by atoms with van der Waals surface area (Å²) >= 11 is 0. The van der Waals surface area contributed by atoms with E-state index in [4.69, 9.17) is 8.85 Å². The maximum absolute atomic E-state index is 6.55. The Balaban J connectivity index is 2.20. The summed E-state index contributed by atoms with van der Waals surface area (Å²) in [5.41, 5.74) is 4.52. The number of anilines is 4. The highest BCUT2D eigenvalue weighted by Gasteiger charge is 2.38. The second-order valence-corrected chi connectivity index (χ2v) is 22.9. The van der Waals surface area contributed by atoms with Crippen LogP contribution in [0.15, 0.2) is 48.5 Å². The topological polar surface area (TPSA) is 37.0 Å². The van der Waals surface area contributed by atoms with Crippen LogP contribution in [-0.2, 0) is 8.85 Å².